The molecule has 92 valence electrons. The van der Waals surface area contributed by atoms with Crippen LogP contribution < -0.4 is 10.6 Å². The Kier molecular flexibility index (Phi) is 8.64. The molecule has 3 nitrogen and oxygen atoms in total. The Bertz CT molecular complexity index is 315. The maximum atomic E-state index is 4.49. The molecule has 0 aliphatic carbocycles. The number of aliphatic imine (C=N–C) groups is 1. The second-order valence-electron chi connectivity index (χ2n) is 3.24. The number of nitrogens with zero attached hydrogens (tertiary/aromatic N) is 1. The van der Waals surface area contributed by atoms with Crippen LogP contribution in [0.3, 0.4) is 0 Å². The summed E-state index contributed by atoms with van der Waals surface area (Å²) in [6.45, 7) is 8.82. The Morgan fingerprint density at radius 3 is 2.31 bits per heavy atom. The van der Waals surface area contributed by atoms with Gasteiger partial charge in [-0.25, -0.2) is 4.99 Å². The average molecular weight is 353 g/mol. The molecule has 2 N–H and O–H groups in total. The van der Waals surface area contributed by atoms with Crippen molar-refractivity contribution in [1.82, 2.24) is 10.6 Å². The van der Waals surface area contributed by atoms with Crippen molar-refractivity contribution in [1.29, 1.82) is 0 Å². The summed E-state index contributed by atoms with van der Waals surface area (Å²) in [5.41, 5.74) is 0. The third-order valence-electron chi connectivity index (χ3n) is 1.88. The van der Waals surface area contributed by atoms with E-state index in [2.05, 4.69) is 48.5 Å². The van der Waals surface area contributed by atoms with Crippen LogP contribution in [-0.2, 0) is 6.54 Å². The second kappa shape index (κ2) is 8.81. The van der Waals surface area contributed by atoms with Gasteiger partial charge in [0.1, 0.15) is 0 Å². The minimum Gasteiger partial charge on any atom is -0.357 e. The molecule has 0 atom stereocenters. The number of rotatable bonds is 4. The summed E-state index contributed by atoms with van der Waals surface area (Å²) in [4.78, 5) is 7.14. The summed E-state index contributed by atoms with van der Waals surface area (Å²) in [6.07, 6.45) is 0. The average Bonchev–Trinajstić information content (AvgIpc) is 2.61. The third-order valence-corrected chi connectivity index (χ3v) is 2.86. The van der Waals surface area contributed by atoms with Crippen molar-refractivity contribution in [2.45, 2.75) is 27.3 Å². The Labute approximate surface area is 119 Å². The van der Waals surface area contributed by atoms with Crippen LogP contribution in [-0.4, -0.2) is 19.0 Å². The van der Waals surface area contributed by atoms with E-state index in [1.165, 1.54) is 9.75 Å². The van der Waals surface area contributed by atoms with Crippen molar-refractivity contribution in [2.75, 3.05) is 13.1 Å². The van der Waals surface area contributed by atoms with Crippen molar-refractivity contribution in [2.24, 2.45) is 4.99 Å². The number of guanidine groups is 1. The highest BCUT2D eigenvalue weighted by Gasteiger charge is 1.97. The van der Waals surface area contributed by atoms with Crippen molar-refractivity contribution in [3.63, 3.8) is 0 Å². The predicted molar refractivity (Wildman–Crippen MR) is 83.0 cm³/mol. The minimum atomic E-state index is 0. The topological polar surface area (TPSA) is 36.4 Å². The van der Waals surface area contributed by atoms with Gasteiger partial charge in [-0.2, -0.15) is 0 Å². The predicted octanol–water partition coefficient (Wildman–Crippen LogP) is 2.75. The van der Waals surface area contributed by atoms with E-state index in [9.17, 15) is 0 Å². The third kappa shape index (κ3) is 5.69. The van der Waals surface area contributed by atoms with Gasteiger partial charge in [0.15, 0.2) is 5.96 Å². The normalized spacial score (nSPS) is 9.19. The van der Waals surface area contributed by atoms with Gasteiger partial charge in [0, 0.05) is 22.8 Å². The molecule has 0 unspecified atom stereocenters. The lowest BCUT2D eigenvalue weighted by atomic mass is 10.4. The lowest BCUT2D eigenvalue weighted by molar-refractivity contribution is 0.841. The molecular weight excluding hydrogens is 333 g/mol. The molecular formula is C11H20IN3S. The van der Waals surface area contributed by atoms with E-state index in [0.717, 1.165) is 25.6 Å². The van der Waals surface area contributed by atoms with Crippen LogP contribution in [0, 0.1) is 6.92 Å². The number of nitrogens with one attached hydrogen (secondary N) is 2. The number of thiophene rings is 1. The molecule has 0 saturated carbocycles. The maximum Gasteiger partial charge on any atom is 0.191 e. The fourth-order valence-corrected chi connectivity index (χ4v) is 2.05. The Morgan fingerprint density at radius 1 is 1.25 bits per heavy atom. The number of hydrogen-bond acceptors (Lipinski definition) is 2. The van der Waals surface area contributed by atoms with Gasteiger partial charge in [0.25, 0.3) is 0 Å². The lowest BCUT2D eigenvalue weighted by Gasteiger charge is -2.08. The van der Waals surface area contributed by atoms with Gasteiger partial charge in [0.2, 0.25) is 0 Å². The first-order chi connectivity index (χ1) is 7.26. The van der Waals surface area contributed by atoms with E-state index in [-0.39, 0.29) is 24.0 Å². The minimum absolute atomic E-state index is 0. The zero-order chi connectivity index (χ0) is 11.1. The van der Waals surface area contributed by atoms with E-state index in [1.54, 1.807) is 11.3 Å². The van der Waals surface area contributed by atoms with Gasteiger partial charge in [-0.15, -0.1) is 35.3 Å². The molecule has 0 aliphatic heterocycles. The van der Waals surface area contributed by atoms with Crippen molar-refractivity contribution in [3.8, 4) is 0 Å². The van der Waals surface area contributed by atoms with Crippen LogP contribution in [0.25, 0.3) is 0 Å². The fourth-order valence-electron chi connectivity index (χ4n) is 1.24. The van der Waals surface area contributed by atoms with Crippen LogP contribution in [0.1, 0.15) is 23.6 Å². The number of hydrogen-bond donors (Lipinski definition) is 2. The van der Waals surface area contributed by atoms with Gasteiger partial charge < -0.3 is 10.6 Å². The molecule has 1 rings (SSSR count). The second-order valence-corrected chi connectivity index (χ2v) is 4.61. The monoisotopic (exact) mass is 353 g/mol. The molecule has 0 radical (unpaired) electrons. The molecule has 1 aromatic rings. The lowest BCUT2D eigenvalue weighted by Crippen LogP contribution is -2.36. The quantitative estimate of drug-likeness (QED) is 0.496. The molecule has 0 aromatic carbocycles. The Balaban J connectivity index is 0.00000225. The van der Waals surface area contributed by atoms with Crippen LogP contribution in [0.5, 0.6) is 0 Å². The summed E-state index contributed by atoms with van der Waals surface area (Å²) < 4.78 is 0. The molecule has 1 aromatic heterocycles. The van der Waals surface area contributed by atoms with Gasteiger partial charge in [-0.05, 0) is 32.9 Å². The highest BCUT2D eigenvalue weighted by molar-refractivity contribution is 14.0. The van der Waals surface area contributed by atoms with E-state index in [1.807, 2.05) is 0 Å². The molecule has 0 aliphatic rings. The molecule has 0 saturated heterocycles. The Hall–Kier alpha value is -0.300. The van der Waals surface area contributed by atoms with Crippen molar-refractivity contribution >= 4 is 41.3 Å². The molecule has 0 fully saturated rings. The SMILES string of the molecule is CCNC(=NCc1ccc(C)s1)NCC.I. The zero-order valence-corrected chi connectivity index (χ0v) is 13.2. The van der Waals surface area contributed by atoms with E-state index in [0.29, 0.717) is 0 Å². The molecule has 1 heterocycles. The van der Waals surface area contributed by atoms with Crippen LogP contribution in [0.2, 0.25) is 0 Å². The Morgan fingerprint density at radius 2 is 1.88 bits per heavy atom. The highest BCUT2D eigenvalue weighted by atomic mass is 127. The van der Waals surface area contributed by atoms with E-state index >= 15 is 0 Å². The molecule has 16 heavy (non-hydrogen) atoms. The van der Waals surface area contributed by atoms with Crippen molar-refractivity contribution in [3.05, 3.63) is 21.9 Å². The number of halogens is 1. The van der Waals surface area contributed by atoms with Crippen LogP contribution in [0.15, 0.2) is 17.1 Å². The molecule has 5 heteroatoms. The van der Waals surface area contributed by atoms with Crippen molar-refractivity contribution < 1.29 is 0 Å². The summed E-state index contributed by atoms with van der Waals surface area (Å²) in [7, 11) is 0. The highest BCUT2D eigenvalue weighted by Crippen LogP contribution is 2.15. The first-order valence-electron chi connectivity index (χ1n) is 5.33. The van der Waals surface area contributed by atoms with Crippen LogP contribution >= 0.6 is 35.3 Å². The van der Waals surface area contributed by atoms with Gasteiger partial charge in [-0.3, -0.25) is 0 Å². The number of aryl methyl sites for hydroxylation is 1. The summed E-state index contributed by atoms with van der Waals surface area (Å²) in [5.74, 6) is 0.894. The van der Waals surface area contributed by atoms with Gasteiger partial charge in [-0.1, -0.05) is 0 Å². The standard InChI is InChI=1S/C11H19N3S.HI/c1-4-12-11(13-5-2)14-8-10-7-6-9(3)15-10;/h6-7H,4-5,8H2,1-3H3,(H2,12,13,14);1H. The largest absolute Gasteiger partial charge is 0.357 e. The molecule has 0 spiro atoms. The summed E-state index contributed by atoms with van der Waals surface area (Å²) >= 11 is 1.80. The van der Waals surface area contributed by atoms with Gasteiger partial charge in [0.05, 0.1) is 6.54 Å². The zero-order valence-electron chi connectivity index (χ0n) is 10.0. The van der Waals surface area contributed by atoms with E-state index < -0.39 is 0 Å². The molecule has 0 amide bonds. The first-order valence-corrected chi connectivity index (χ1v) is 6.15. The summed E-state index contributed by atoms with van der Waals surface area (Å²) in [6, 6.07) is 4.27. The maximum absolute atomic E-state index is 4.49. The molecule has 0 bridgehead atoms. The smallest absolute Gasteiger partial charge is 0.191 e. The summed E-state index contributed by atoms with van der Waals surface area (Å²) in [5, 5.41) is 6.41. The van der Waals surface area contributed by atoms with Crippen LogP contribution in [0.4, 0.5) is 0 Å². The first kappa shape index (κ1) is 15.7. The fraction of sp³-hybridized carbons (Fsp3) is 0.545. The van der Waals surface area contributed by atoms with Gasteiger partial charge >= 0.3 is 0 Å². The van der Waals surface area contributed by atoms with E-state index in [4.69, 9.17) is 0 Å².